The molecule has 3 nitrogen and oxygen atoms in total. The standard InChI is InChI=1S/C12H17BrN2O/c1-7(2)14-12(16)15-11-9(4)5-8(3)6-10(11)13/h5-7H,1-4H3,(H2,14,15,16). The van der Waals surface area contributed by atoms with Crippen LogP contribution in [0.1, 0.15) is 25.0 Å². The minimum absolute atomic E-state index is 0.129. The van der Waals surface area contributed by atoms with Crippen LogP contribution in [0.5, 0.6) is 0 Å². The van der Waals surface area contributed by atoms with Gasteiger partial charge in [0.15, 0.2) is 0 Å². The lowest BCUT2D eigenvalue weighted by Crippen LogP contribution is -2.34. The summed E-state index contributed by atoms with van der Waals surface area (Å²) in [6.45, 7) is 7.85. The highest BCUT2D eigenvalue weighted by Gasteiger charge is 2.09. The number of anilines is 1. The van der Waals surface area contributed by atoms with Gasteiger partial charge in [0, 0.05) is 10.5 Å². The summed E-state index contributed by atoms with van der Waals surface area (Å²) < 4.78 is 0.906. The predicted molar refractivity (Wildman–Crippen MR) is 70.9 cm³/mol. The zero-order valence-electron chi connectivity index (χ0n) is 10.0. The maximum absolute atomic E-state index is 11.6. The molecule has 0 aromatic heterocycles. The van der Waals surface area contributed by atoms with Crippen LogP contribution in [0.3, 0.4) is 0 Å². The summed E-state index contributed by atoms with van der Waals surface area (Å²) in [4.78, 5) is 11.6. The molecule has 0 unspecified atom stereocenters. The van der Waals surface area contributed by atoms with Crippen molar-refractivity contribution in [3.63, 3.8) is 0 Å². The van der Waals surface area contributed by atoms with Gasteiger partial charge >= 0.3 is 6.03 Å². The topological polar surface area (TPSA) is 41.1 Å². The van der Waals surface area contributed by atoms with Crippen LogP contribution in [0.4, 0.5) is 10.5 Å². The van der Waals surface area contributed by atoms with Gasteiger partial charge in [0.1, 0.15) is 0 Å². The second-order valence-electron chi connectivity index (χ2n) is 4.19. The average Bonchev–Trinajstić information content (AvgIpc) is 2.09. The van der Waals surface area contributed by atoms with Crippen molar-refractivity contribution in [2.75, 3.05) is 5.32 Å². The summed E-state index contributed by atoms with van der Waals surface area (Å²) in [6, 6.07) is 3.97. The molecule has 0 aliphatic rings. The molecule has 0 saturated carbocycles. The van der Waals surface area contributed by atoms with Crippen molar-refractivity contribution in [1.29, 1.82) is 0 Å². The van der Waals surface area contributed by atoms with Gasteiger partial charge in [-0.15, -0.1) is 0 Å². The van der Waals surface area contributed by atoms with Crippen LogP contribution in [-0.2, 0) is 0 Å². The second-order valence-corrected chi connectivity index (χ2v) is 5.05. The summed E-state index contributed by atoms with van der Waals surface area (Å²) in [6.07, 6.45) is 0. The first-order chi connectivity index (χ1) is 7.40. The smallest absolute Gasteiger partial charge is 0.319 e. The van der Waals surface area contributed by atoms with E-state index in [0.29, 0.717) is 0 Å². The number of aryl methyl sites for hydroxylation is 2. The van der Waals surface area contributed by atoms with Crippen molar-refractivity contribution >= 4 is 27.6 Å². The van der Waals surface area contributed by atoms with Crippen molar-refractivity contribution in [1.82, 2.24) is 5.32 Å². The van der Waals surface area contributed by atoms with Crippen LogP contribution < -0.4 is 10.6 Å². The number of nitrogens with one attached hydrogen (secondary N) is 2. The van der Waals surface area contributed by atoms with Gasteiger partial charge in [-0.05, 0) is 60.8 Å². The molecule has 0 heterocycles. The number of halogens is 1. The normalized spacial score (nSPS) is 10.4. The number of carbonyl (C=O) groups is 1. The Kier molecular flexibility index (Phi) is 4.35. The Morgan fingerprint density at radius 3 is 2.44 bits per heavy atom. The van der Waals surface area contributed by atoms with Crippen LogP contribution in [0.25, 0.3) is 0 Å². The molecule has 0 fully saturated rings. The fourth-order valence-electron chi connectivity index (χ4n) is 1.49. The Labute approximate surface area is 105 Å². The van der Waals surface area contributed by atoms with Crippen LogP contribution in [0.2, 0.25) is 0 Å². The van der Waals surface area contributed by atoms with Gasteiger partial charge in [0.25, 0.3) is 0 Å². The highest BCUT2D eigenvalue weighted by molar-refractivity contribution is 9.10. The molecule has 0 radical (unpaired) electrons. The fourth-order valence-corrected chi connectivity index (χ4v) is 2.26. The molecule has 2 N–H and O–H groups in total. The van der Waals surface area contributed by atoms with E-state index >= 15 is 0 Å². The highest BCUT2D eigenvalue weighted by atomic mass is 79.9. The molecule has 1 rings (SSSR count). The lowest BCUT2D eigenvalue weighted by atomic mass is 10.1. The van der Waals surface area contributed by atoms with Gasteiger partial charge in [-0.25, -0.2) is 4.79 Å². The summed E-state index contributed by atoms with van der Waals surface area (Å²) in [7, 11) is 0. The van der Waals surface area contributed by atoms with Gasteiger partial charge < -0.3 is 10.6 Å². The number of urea groups is 1. The molecule has 0 aliphatic heterocycles. The number of hydrogen-bond acceptors (Lipinski definition) is 1. The van der Waals surface area contributed by atoms with E-state index in [2.05, 4.69) is 26.6 Å². The first-order valence-electron chi connectivity index (χ1n) is 5.24. The molecule has 1 aromatic carbocycles. The molecule has 2 amide bonds. The van der Waals surface area contributed by atoms with Crippen molar-refractivity contribution in [2.45, 2.75) is 33.7 Å². The number of rotatable bonds is 2. The molecular formula is C12H17BrN2O. The first kappa shape index (κ1) is 13.0. The lowest BCUT2D eigenvalue weighted by Gasteiger charge is -2.14. The highest BCUT2D eigenvalue weighted by Crippen LogP contribution is 2.27. The summed E-state index contributed by atoms with van der Waals surface area (Å²) in [5.41, 5.74) is 3.04. The summed E-state index contributed by atoms with van der Waals surface area (Å²) in [5, 5.41) is 5.63. The Balaban J connectivity index is 2.85. The Hall–Kier alpha value is -1.03. The minimum Gasteiger partial charge on any atom is -0.336 e. The van der Waals surface area contributed by atoms with Gasteiger partial charge in [0.05, 0.1) is 5.69 Å². The van der Waals surface area contributed by atoms with Crippen molar-refractivity contribution in [2.24, 2.45) is 0 Å². The molecule has 0 atom stereocenters. The van der Waals surface area contributed by atoms with Gasteiger partial charge in [0.2, 0.25) is 0 Å². The average molecular weight is 285 g/mol. The quantitative estimate of drug-likeness (QED) is 0.856. The number of benzene rings is 1. The van der Waals surface area contributed by atoms with E-state index in [1.807, 2.05) is 39.8 Å². The minimum atomic E-state index is -0.178. The lowest BCUT2D eigenvalue weighted by molar-refractivity contribution is 0.250. The number of carbonyl (C=O) groups excluding carboxylic acids is 1. The summed E-state index contributed by atoms with van der Waals surface area (Å²) >= 11 is 3.45. The van der Waals surface area contributed by atoms with Crippen LogP contribution >= 0.6 is 15.9 Å². The van der Waals surface area contributed by atoms with Crippen LogP contribution in [0.15, 0.2) is 16.6 Å². The Bertz CT molecular complexity index is 379. The third-order valence-corrected chi connectivity index (χ3v) is 2.72. The third kappa shape index (κ3) is 3.52. The molecule has 1 aromatic rings. The monoisotopic (exact) mass is 284 g/mol. The molecule has 0 spiro atoms. The largest absolute Gasteiger partial charge is 0.336 e. The Morgan fingerprint density at radius 1 is 1.31 bits per heavy atom. The zero-order valence-corrected chi connectivity index (χ0v) is 11.6. The second kappa shape index (κ2) is 5.34. The van der Waals surface area contributed by atoms with Gasteiger partial charge in [-0.3, -0.25) is 0 Å². The fraction of sp³-hybridized carbons (Fsp3) is 0.417. The molecule has 0 saturated heterocycles. The van der Waals surface area contributed by atoms with Gasteiger partial charge in [-0.1, -0.05) is 6.07 Å². The summed E-state index contributed by atoms with van der Waals surface area (Å²) in [5.74, 6) is 0. The van der Waals surface area contributed by atoms with Crippen molar-refractivity contribution in [3.8, 4) is 0 Å². The molecule has 0 aliphatic carbocycles. The molecule has 88 valence electrons. The maximum Gasteiger partial charge on any atom is 0.319 e. The zero-order chi connectivity index (χ0) is 12.3. The molecule has 16 heavy (non-hydrogen) atoms. The Morgan fingerprint density at radius 2 is 1.94 bits per heavy atom. The van der Waals surface area contributed by atoms with E-state index in [1.54, 1.807) is 0 Å². The molecular weight excluding hydrogens is 268 g/mol. The van der Waals surface area contributed by atoms with Crippen LogP contribution in [0, 0.1) is 13.8 Å². The SMILES string of the molecule is Cc1cc(C)c(NC(=O)NC(C)C)c(Br)c1. The van der Waals surface area contributed by atoms with E-state index in [-0.39, 0.29) is 12.1 Å². The van der Waals surface area contributed by atoms with E-state index < -0.39 is 0 Å². The van der Waals surface area contributed by atoms with E-state index in [4.69, 9.17) is 0 Å². The first-order valence-corrected chi connectivity index (χ1v) is 6.03. The maximum atomic E-state index is 11.6. The number of amides is 2. The van der Waals surface area contributed by atoms with Crippen LogP contribution in [-0.4, -0.2) is 12.1 Å². The van der Waals surface area contributed by atoms with E-state index in [1.165, 1.54) is 5.56 Å². The van der Waals surface area contributed by atoms with Crippen molar-refractivity contribution in [3.05, 3.63) is 27.7 Å². The molecule has 4 heteroatoms. The predicted octanol–water partition coefficient (Wildman–Crippen LogP) is 3.60. The third-order valence-electron chi connectivity index (χ3n) is 2.09. The molecule has 0 bridgehead atoms. The van der Waals surface area contributed by atoms with Gasteiger partial charge in [-0.2, -0.15) is 0 Å². The van der Waals surface area contributed by atoms with E-state index in [0.717, 1.165) is 15.7 Å². The van der Waals surface area contributed by atoms with Crippen molar-refractivity contribution < 1.29 is 4.79 Å². The van der Waals surface area contributed by atoms with E-state index in [9.17, 15) is 4.79 Å². The number of hydrogen-bond donors (Lipinski definition) is 2.